The van der Waals surface area contributed by atoms with Crippen LogP contribution in [0.2, 0.25) is 0 Å². The van der Waals surface area contributed by atoms with Crippen LogP contribution < -0.4 is 0 Å². The van der Waals surface area contributed by atoms with E-state index in [9.17, 15) is 8.42 Å². The third-order valence-electron chi connectivity index (χ3n) is 2.95. The molecule has 1 aromatic carbocycles. The molecule has 2 aromatic rings. The molecule has 0 bridgehead atoms. The van der Waals surface area contributed by atoms with Gasteiger partial charge in [0.25, 0.3) is 0 Å². The van der Waals surface area contributed by atoms with E-state index in [1.54, 1.807) is 6.92 Å². The summed E-state index contributed by atoms with van der Waals surface area (Å²) < 4.78 is 26.4. The van der Waals surface area contributed by atoms with Crippen LogP contribution in [0, 0.1) is 6.92 Å². The summed E-state index contributed by atoms with van der Waals surface area (Å²) in [6, 6.07) is 9.27. The van der Waals surface area contributed by atoms with Crippen LogP contribution >= 0.6 is 0 Å². The molecule has 0 atom stereocenters. The second-order valence-corrected chi connectivity index (χ2v) is 6.31. The minimum absolute atomic E-state index is 0.0435. The van der Waals surface area contributed by atoms with Crippen molar-refractivity contribution >= 4 is 10.0 Å². The average molecular weight is 295 g/mol. The Morgan fingerprint density at radius 3 is 2.55 bits per heavy atom. The second-order valence-electron chi connectivity index (χ2n) is 4.41. The van der Waals surface area contributed by atoms with Gasteiger partial charge in [0.1, 0.15) is 4.90 Å². The number of rotatable bonds is 6. The molecule has 0 saturated heterocycles. The van der Waals surface area contributed by atoms with Gasteiger partial charge in [-0.2, -0.15) is 9.40 Å². The van der Waals surface area contributed by atoms with Crippen molar-refractivity contribution in [1.29, 1.82) is 0 Å². The number of benzene rings is 1. The lowest BCUT2D eigenvalue weighted by Gasteiger charge is -2.21. The Morgan fingerprint density at radius 1 is 1.30 bits per heavy atom. The van der Waals surface area contributed by atoms with Crippen molar-refractivity contribution in [3.8, 4) is 0 Å². The van der Waals surface area contributed by atoms with Gasteiger partial charge < -0.3 is 5.11 Å². The van der Waals surface area contributed by atoms with Crippen molar-refractivity contribution in [2.45, 2.75) is 18.4 Å². The van der Waals surface area contributed by atoms with Gasteiger partial charge >= 0.3 is 0 Å². The third-order valence-corrected chi connectivity index (χ3v) is 4.91. The van der Waals surface area contributed by atoms with Gasteiger partial charge in [0.05, 0.1) is 18.5 Å². The number of aliphatic hydroxyl groups is 1. The van der Waals surface area contributed by atoms with E-state index >= 15 is 0 Å². The Kier molecular flexibility index (Phi) is 4.53. The zero-order valence-corrected chi connectivity index (χ0v) is 12.0. The third kappa shape index (κ3) is 3.06. The van der Waals surface area contributed by atoms with E-state index in [1.165, 1.54) is 10.5 Å². The number of hydrogen-bond donors (Lipinski definition) is 2. The second kappa shape index (κ2) is 6.17. The van der Waals surface area contributed by atoms with Gasteiger partial charge in [0.15, 0.2) is 0 Å². The van der Waals surface area contributed by atoms with Crippen LogP contribution in [-0.4, -0.2) is 41.2 Å². The summed E-state index contributed by atoms with van der Waals surface area (Å²) >= 11 is 0. The lowest BCUT2D eigenvalue weighted by molar-refractivity contribution is 0.251. The Morgan fingerprint density at radius 2 is 2.00 bits per heavy atom. The van der Waals surface area contributed by atoms with E-state index in [0.717, 1.165) is 5.56 Å². The molecule has 1 heterocycles. The molecule has 0 aliphatic rings. The fourth-order valence-corrected chi connectivity index (χ4v) is 3.46. The summed E-state index contributed by atoms with van der Waals surface area (Å²) in [7, 11) is -3.67. The molecule has 2 rings (SSSR count). The number of nitrogens with zero attached hydrogens (tertiary/aromatic N) is 2. The lowest BCUT2D eigenvalue weighted by Crippen LogP contribution is -2.33. The van der Waals surface area contributed by atoms with Gasteiger partial charge in [-0.25, -0.2) is 8.42 Å². The zero-order valence-electron chi connectivity index (χ0n) is 11.2. The summed E-state index contributed by atoms with van der Waals surface area (Å²) in [6.45, 7) is 1.68. The van der Waals surface area contributed by atoms with Crippen LogP contribution in [0.3, 0.4) is 0 Å². The van der Waals surface area contributed by atoms with Crippen LogP contribution in [0.4, 0.5) is 0 Å². The highest BCUT2D eigenvalue weighted by molar-refractivity contribution is 7.89. The highest BCUT2D eigenvalue weighted by Gasteiger charge is 2.27. The molecule has 0 radical (unpaired) electrons. The number of nitrogens with one attached hydrogen (secondary N) is 1. The maximum Gasteiger partial charge on any atom is 0.246 e. The van der Waals surface area contributed by atoms with E-state index in [2.05, 4.69) is 10.2 Å². The smallest absolute Gasteiger partial charge is 0.246 e. The number of hydrogen-bond acceptors (Lipinski definition) is 4. The van der Waals surface area contributed by atoms with Crippen LogP contribution in [-0.2, 0) is 16.6 Å². The molecule has 0 amide bonds. The fraction of sp³-hybridized carbons (Fsp3) is 0.308. The summed E-state index contributed by atoms with van der Waals surface area (Å²) in [4.78, 5) is 0.141. The molecule has 108 valence electrons. The Balaban J connectivity index is 2.31. The molecule has 6 nitrogen and oxygen atoms in total. The van der Waals surface area contributed by atoms with Crippen molar-refractivity contribution in [3.05, 3.63) is 47.8 Å². The van der Waals surface area contributed by atoms with E-state index in [4.69, 9.17) is 5.11 Å². The van der Waals surface area contributed by atoms with Gasteiger partial charge in [-0.3, -0.25) is 5.10 Å². The van der Waals surface area contributed by atoms with E-state index in [1.807, 2.05) is 30.3 Å². The summed E-state index contributed by atoms with van der Waals surface area (Å²) in [5.41, 5.74) is 1.35. The molecular formula is C13H17N3O3S. The molecule has 0 aliphatic heterocycles. The normalized spacial score (nSPS) is 11.9. The molecule has 7 heteroatoms. The summed E-state index contributed by atoms with van der Waals surface area (Å²) in [6.07, 6.45) is 1.29. The predicted molar refractivity (Wildman–Crippen MR) is 74.4 cm³/mol. The minimum atomic E-state index is -3.67. The van der Waals surface area contributed by atoms with E-state index in [-0.39, 0.29) is 24.6 Å². The van der Waals surface area contributed by atoms with Crippen LogP contribution in [0.25, 0.3) is 0 Å². The Labute approximate surface area is 118 Å². The van der Waals surface area contributed by atoms with Crippen LogP contribution in [0.1, 0.15) is 11.3 Å². The first-order valence-electron chi connectivity index (χ1n) is 6.20. The first kappa shape index (κ1) is 14.7. The van der Waals surface area contributed by atoms with Crippen molar-refractivity contribution in [1.82, 2.24) is 14.5 Å². The molecular weight excluding hydrogens is 278 g/mol. The van der Waals surface area contributed by atoms with Crippen LogP contribution in [0.5, 0.6) is 0 Å². The highest BCUT2D eigenvalue weighted by atomic mass is 32.2. The molecule has 1 aromatic heterocycles. The van der Waals surface area contributed by atoms with Gasteiger partial charge in [-0.15, -0.1) is 0 Å². The average Bonchev–Trinajstić information content (AvgIpc) is 2.86. The zero-order chi connectivity index (χ0) is 14.6. The van der Waals surface area contributed by atoms with Crippen molar-refractivity contribution < 1.29 is 13.5 Å². The molecule has 0 saturated carbocycles. The van der Waals surface area contributed by atoms with E-state index in [0.29, 0.717) is 5.69 Å². The SMILES string of the molecule is Cc1[nH]ncc1S(=O)(=O)N(CCO)Cc1ccccc1. The highest BCUT2D eigenvalue weighted by Crippen LogP contribution is 2.19. The number of aryl methyl sites for hydroxylation is 1. The number of aromatic amines is 1. The van der Waals surface area contributed by atoms with Gasteiger partial charge in [0.2, 0.25) is 10.0 Å². The predicted octanol–water partition coefficient (Wildman–Crippen LogP) is 0.901. The maximum absolute atomic E-state index is 12.6. The standard InChI is InChI=1S/C13H17N3O3S/c1-11-13(9-14-15-11)20(18,19)16(7-8-17)10-12-5-3-2-4-6-12/h2-6,9,17H,7-8,10H2,1H3,(H,14,15). The van der Waals surface area contributed by atoms with Crippen molar-refractivity contribution in [2.24, 2.45) is 0 Å². The fourth-order valence-electron chi connectivity index (χ4n) is 1.92. The first-order chi connectivity index (χ1) is 9.55. The first-order valence-corrected chi connectivity index (χ1v) is 7.64. The molecule has 0 aliphatic carbocycles. The molecule has 0 fully saturated rings. The molecule has 0 spiro atoms. The molecule has 2 N–H and O–H groups in total. The quantitative estimate of drug-likeness (QED) is 0.829. The summed E-state index contributed by atoms with van der Waals surface area (Å²) in [5, 5.41) is 15.5. The topological polar surface area (TPSA) is 86.3 Å². The van der Waals surface area contributed by atoms with E-state index < -0.39 is 10.0 Å². The van der Waals surface area contributed by atoms with Gasteiger partial charge in [0, 0.05) is 13.1 Å². The Hall–Kier alpha value is -1.70. The maximum atomic E-state index is 12.6. The van der Waals surface area contributed by atoms with Gasteiger partial charge in [-0.05, 0) is 12.5 Å². The minimum Gasteiger partial charge on any atom is -0.395 e. The monoisotopic (exact) mass is 295 g/mol. The number of aliphatic hydroxyl groups excluding tert-OH is 1. The van der Waals surface area contributed by atoms with Crippen molar-refractivity contribution in [3.63, 3.8) is 0 Å². The van der Waals surface area contributed by atoms with Crippen LogP contribution in [0.15, 0.2) is 41.4 Å². The number of sulfonamides is 1. The molecule has 0 unspecified atom stereocenters. The Bertz CT molecular complexity index is 653. The summed E-state index contributed by atoms with van der Waals surface area (Å²) in [5.74, 6) is 0. The van der Waals surface area contributed by atoms with Crippen molar-refractivity contribution in [2.75, 3.05) is 13.2 Å². The largest absolute Gasteiger partial charge is 0.395 e. The number of aromatic nitrogens is 2. The number of H-pyrrole nitrogens is 1. The molecule has 20 heavy (non-hydrogen) atoms. The van der Waals surface area contributed by atoms with Gasteiger partial charge in [-0.1, -0.05) is 30.3 Å². The lowest BCUT2D eigenvalue weighted by atomic mass is 10.2.